The van der Waals surface area contributed by atoms with Crippen LogP contribution < -0.4 is 22.6 Å². The first-order valence-corrected chi connectivity index (χ1v) is 43.1. The van der Waals surface area contributed by atoms with Gasteiger partial charge < -0.3 is 62.1 Å². The number of ether oxygens (including phenoxy) is 1. The van der Waals surface area contributed by atoms with Gasteiger partial charge in [-0.25, -0.2) is 0 Å². The fourth-order valence-electron chi connectivity index (χ4n) is 23.5. The van der Waals surface area contributed by atoms with Crippen LogP contribution in [0.5, 0.6) is 0 Å². The third-order valence-electron chi connectivity index (χ3n) is 28.3. The third kappa shape index (κ3) is 14.7. The molecular weight excluding hydrogens is 1360 g/mol. The summed E-state index contributed by atoms with van der Waals surface area (Å²) < 4.78 is 7.19. The molecule has 5 unspecified atom stereocenters. The maximum atomic E-state index is 13.1. The summed E-state index contributed by atoms with van der Waals surface area (Å²) in [7, 11) is 0. The number of aliphatic hydroxyl groups is 1. The van der Waals surface area contributed by atoms with Gasteiger partial charge in [-0.15, -0.1) is 0 Å². The molecule has 5 fully saturated rings. The second-order valence-corrected chi connectivity index (χ2v) is 34.7. The van der Waals surface area contributed by atoms with Crippen LogP contribution in [0.2, 0.25) is 0 Å². The molecule has 6 aromatic heterocycles. The number of nitrogens with zero attached hydrogens (tertiary/aromatic N) is 6. The Labute approximate surface area is 654 Å². The SMILES string of the molecule is C1=C\CCCCN(CCc2nccc3c2[nH]c2ccccc23)CCCC/1.C1=C\CC[C@]23CN4CCCC/C=C\CC[C@@]5(O[C@H]5[C@@H](c5nccc6c5[nH]c5ccccc56)[C@@H]2CC4)[C@@H]3NCCCC/1.O[C@]12C=C(c3nccc4c3[nH]c3ccccc34)[C@@H]3CCN(CCCC/C=C\CC1)CC31CC3/C=C\CCCC[NH+]3[C@H]12.[Cl-].[HH]. The van der Waals surface area contributed by atoms with Gasteiger partial charge in [-0.1, -0.05) is 109 Å². The quantitative estimate of drug-likeness (QED) is 0.0733. The van der Waals surface area contributed by atoms with Gasteiger partial charge in [0.05, 0.1) is 51.7 Å². The van der Waals surface area contributed by atoms with E-state index in [1.807, 2.05) is 12.4 Å². The van der Waals surface area contributed by atoms with E-state index >= 15 is 0 Å². The number of piperidine rings is 2. The predicted molar refractivity (Wildman–Crippen MR) is 447 cm³/mol. The second-order valence-electron chi connectivity index (χ2n) is 34.7. The van der Waals surface area contributed by atoms with Gasteiger partial charge in [0.15, 0.2) is 0 Å². The first-order chi connectivity index (χ1) is 53.4. The van der Waals surface area contributed by atoms with E-state index in [-0.39, 0.29) is 42.4 Å². The summed E-state index contributed by atoms with van der Waals surface area (Å²) in [5, 5.41) is 25.0. The highest BCUT2D eigenvalue weighted by Gasteiger charge is 2.76. The zero-order valence-corrected chi connectivity index (χ0v) is 65.5. The Bertz CT molecular complexity index is 4810. The second kappa shape index (κ2) is 33.3. The Morgan fingerprint density at radius 2 is 1.06 bits per heavy atom. The van der Waals surface area contributed by atoms with Crippen LogP contribution in [0.3, 0.4) is 0 Å². The molecule has 109 heavy (non-hydrogen) atoms. The van der Waals surface area contributed by atoms with Crippen LogP contribution in [0.15, 0.2) is 176 Å². The lowest BCUT2D eigenvalue weighted by Crippen LogP contribution is -3.20. The van der Waals surface area contributed by atoms with Gasteiger partial charge in [0.25, 0.3) is 0 Å². The van der Waals surface area contributed by atoms with Gasteiger partial charge in [-0.2, -0.15) is 0 Å². The smallest absolute Gasteiger partial charge is 0.136 e. The molecule has 3 aromatic carbocycles. The molecule has 3 spiro atoms. The van der Waals surface area contributed by atoms with E-state index < -0.39 is 5.60 Å². The Kier molecular flexibility index (Phi) is 22.8. The summed E-state index contributed by atoms with van der Waals surface area (Å²) in [4.78, 5) is 36.2. The Morgan fingerprint density at radius 1 is 0.514 bits per heavy atom. The number of epoxide rings is 1. The lowest BCUT2D eigenvalue weighted by atomic mass is 9.50. The van der Waals surface area contributed by atoms with Crippen LogP contribution >= 0.6 is 0 Å². The van der Waals surface area contributed by atoms with Crippen LogP contribution in [-0.2, 0) is 11.2 Å². The topological polar surface area (TPSA) is 145 Å². The van der Waals surface area contributed by atoms with Gasteiger partial charge in [-0.3, -0.25) is 15.0 Å². The van der Waals surface area contributed by atoms with Gasteiger partial charge in [0.2, 0.25) is 0 Å². The molecule has 6 N–H and O–H groups in total. The minimum absolute atomic E-state index is 0. The predicted octanol–water partition coefficient (Wildman–Crippen LogP) is 15.4. The molecule has 9 aromatic rings. The molecule has 0 radical (unpaired) electrons. The standard InChI is InChI=1S/C36H46N4O.C36H44N4O.C23H29N3.ClH.H2/c1-3-7-13-21-38-34-35(19-11-5-1)25-40-23-14-8-4-2-6-12-20-36(34)33(41-36)30(28(35)18-24-40)32-31-27(17-22-37-32)26-15-9-10-16-29(26)39-31;41-36-18-10-4-1-2-5-11-20-39-22-17-30(35(25-39)23-26-13-7-3-6-12-21-40(26)34(35)36)29(24-36)32-33-28(16-19-37-32)27-14-8-9-15-31(27)38-33;1-2-4-6-10-17-26(16-9-5-3-1)18-14-22-23-20(13-15-24-22)19-11-7-8-12-21(19)25-23;;/h1-2,5-6,9-10,15-17,22,28,30,33-34,38-39H,3-4,7-8,11-14,18-21,23-25H2;1,4,7-9,13-16,19,24,26,30,34,38,41H,2-3,5-6,10-12,17-18,20-23,25H2;1-2,7-8,11-13,15,25H,3-6,9-10,14,16-18H2;2*1H/b5-1-,6-2-;4-1-,13-7-;2-1-;;/t28-,30+,33-,34+,35-,36-;26?,30-,34+,35?,36-;;;/m00.../s1. The zero-order chi connectivity index (χ0) is 72.3. The van der Waals surface area contributed by atoms with Gasteiger partial charge in [0.1, 0.15) is 23.3 Å². The van der Waals surface area contributed by atoms with E-state index in [1.54, 1.807) is 4.90 Å². The number of allylic oxidation sites excluding steroid dienone is 10. The highest BCUT2D eigenvalue weighted by molar-refractivity contribution is 6.11. The van der Waals surface area contributed by atoms with Crippen LogP contribution in [0.25, 0.3) is 71.0 Å². The van der Waals surface area contributed by atoms with E-state index in [2.05, 4.69) is 199 Å². The average molecular weight is 1490 g/mol. The van der Waals surface area contributed by atoms with Crippen molar-refractivity contribution in [1.82, 2.24) is 49.9 Å². The van der Waals surface area contributed by atoms with Gasteiger partial charge in [0, 0.05) is 119 Å². The van der Waals surface area contributed by atoms with Crippen LogP contribution in [0, 0.1) is 22.7 Å². The van der Waals surface area contributed by atoms with Crippen molar-refractivity contribution in [3.8, 4) is 0 Å². The van der Waals surface area contributed by atoms with Crippen molar-refractivity contribution < 1.29 is 28.6 Å². The first kappa shape index (κ1) is 74.7. The monoisotopic (exact) mass is 1480 g/mol. The van der Waals surface area contributed by atoms with Gasteiger partial charge >= 0.3 is 0 Å². The lowest BCUT2D eigenvalue weighted by molar-refractivity contribution is -0.940. The maximum absolute atomic E-state index is 13.1. The molecule has 11 aliphatic rings. The van der Waals surface area contributed by atoms with E-state index in [0.717, 1.165) is 87.9 Å². The Morgan fingerprint density at radius 3 is 1.74 bits per heavy atom. The van der Waals surface area contributed by atoms with E-state index in [1.165, 1.54) is 252 Å². The molecule has 13 nitrogen and oxygen atoms in total. The van der Waals surface area contributed by atoms with Crippen LogP contribution in [-0.4, -0.2) is 157 Å². The maximum Gasteiger partial charge on any atom is 0.136 e. The van der Waals surface area contributed by atoms with Crippen molar-refractivity contribution in [3.63, 3.8) is 0 Å². The molecule has 20 rings (SSSR count). The summed E-state index contributed by atoms with van der Waals surface area (Å²) in [5.41, 5.74) is 11.2. The molecule has 9 aliphatic heterocycles. The van der Waals surface area contributed by atoms with E-state index in [0.29, 0.717) is 29.8 Å². The molecule has 2 aliphatic carbocycles. The van der Waals surface area contributed by atoms with Crippen LogP contribution in [0.1, 0.15) is 198 Å². The largest absolute Gasteiger partial charge is 1.00 e. The Hall–Kier alpha value is -7.04. The fourth-order valence-corrected chi connectivity index (χ4v) is 23.5. The Balaban J connectivity index is 0.000000128. The van der Waals surface area contributed by atoms with Crippen molar-refractivity contribution in [3.05, 3.63) is 194 Å². The highest BCUT2D eigenvalue weighted by atomic mass is 35.5. The number of para-hydroxylation sites is 3. The molecule has 4 saturated heterocycles. The molecule has 15 heterocycles. The number of hydrogen-bond acceptors (Lipinski definition) is 9. The number of pyridine rings is 3. The minimum Gasteiger partial charge on any atom is -1.00 e. The molecule has 576 valence electrons. The van der Waals surface area contributed by atoms with E-state index in [4.69, 9.17) is 19.7 Å². The molecule has 0 amide bonds. The average Bonchev–Trinajstić information content (AvgIpc) is 1.50. The molecule has 6 bridgehead atoms. The normalized spacial score (nSPS) is 33.9. The van der Waals surface area contributed by atoms with Crippen molar-refractivity contribution in [2.75, 3.05) is 72.0 Å². The number of aromatic amines is 3. The number of rotatable bonds is 5. The molecule has 14 heteroatoms. The van der Waals surface area contributed by atoms with Crippen LogP contribution in [0.4, 0.5) is 0 Å². The molecule has 1 saturated carbocycles. The molecule has 14 atom stereocenters. The number of fused-ring (bicyclic) bond motifs is 12. The number of halogens is 1. The van der Waals surface area contributed by atoms with Crippen molar-refractivity contribution in [1.29, 1.82) is 0 Å². The van der Waals surface area contributed by atoms with Crippen molar-refractivity contribution >= 4 is 71.0 Å². The molecular formula is C95H122ClN11O2. The number of aromatic nitrogens is 6. The van der Waals surface area contributed by atoms with Gasteiger partial charge in [-0.05, 0) is 279 Å². The van der Waals surface area contributed by atoms with Crippen molar-refractivity contribution in [2.24, 2.45) is 22.7 Å². The summed E-state index contributed by atoms with van der Waals surface area (Å²) in [6.45, 7) is 12.8. The summed E-state index contributed by atoms with van der Waals surface area (Å²) in [6.07, 6.45) is 66.4. The zero-order valence-electron chi connectivity index (χ0n) is 64.8. The van der Waals surface area contributed by atoms with Crippen molar-refractivity contribution in [2.45, 2.75) is 221 Å². The summed E-state index contributed by atoms with van der Waals surface area (Å²) >= 11 is 0. The number of benzene rings is 3. The summed E-state index contributed by atoms with van der Waals surface area (Å²) in [6, 6.07) is 33.5. The third-order valence-corrected chi connectivity index (χ3v) is 28.3. The number of quaternary nitrogens is 1. The number of H-pyrrole nitrogens is 3. The first-order valence-electron chi connectivity index (χ1n) is 43.1. The number of hydrogen-bond donors (Lipinski definition) is 6. The minimum atomic E-state index is -0.861. The summed E-state index contributed by atoms with van der Waals surface area (Å²) in [5.74, 6) is 1.27. The fraction of sp³-hybridized carbons (Fsp3) is 0.526. The number of nitrogens with one attached hydrogen (secondary N) is 5. The van der Waals surface area contributed by atoms with E-state index in [9.17, 15) is 5.11 Å². The lowest BCUT2D eigenvalue weighted by Gasteiger charge is -2.59. The highest BCUT2D eigenvalue weighted by Crippen LogP contribution is 2.68.